The predicted molar refractivity (Wildman–Crippen MR) is 106 cm³/mol. The summed E-state index contributed by atoms with van der Waals surface area (Å²) >= 11 is 1.48. The normalized spacial score (nSPS) is 10.8. The van der Waals surface area contributed by atoms with Crippen molar-refractivity contribution in [2.24, 2.45) is 0 Å². The zero-order chi connectivity index (χ0) is 16.2. The first-order chi connectivity index (χ1) is 11.9. The summed E-state index contributed by atoms with van der Waals surface area (Å²) in [5, 5.41) is 2.77. The SMILES string of the molecule is c1ccc(Sc2cccc3cccc([Te]c4ccccc4)c23)cc1. The van der Waals surface area contributed by atoms with E-state index in [2.05, 4.69) is 97.1 Å². The first-order valence-corrected chi connectivity index (χ1v) is 11.0. The fourth-order valence-electron chi connectivity index (χ4n) is 2.67. The van der Waals surface area contributed by atoms with Crippen molar-refractivity contribution in [1.29, 1.82) is 0 Å². The quantitative estimate of drug-likeness (QED) is 0.417. The molecule has 4 aromatic rings. The zero-order valence-corrected chi connectivity index (χ0v) is 16.2. The minimum atomic E-state index is -0.388. The van der Waals surface area contributed by atoms with E-state index in [0.29, 0.717) is 0 Å². The second kappa shape index (κ2) is 7.45. The molecule has 0 spiro atoms. The van der Waals surface area contributed by atoms with Crippen LogP contribution >= 0.6 is 11.8 Å². The van der Waals surface area contributed by atoms with Crippen LogP contribution in [-0.2, 0) is 0 Å². The van der Waals surface area contributed by atoms with Crippen molar-refractivity contribution >= 4 is 50.7 Å². The number of hydrogen-bond donors (Lipinski definition) is 0. The number of fused-ring (bicyclic) bond motifs is 1. The molecule has 0 aliphatic rings. The maximum absolute atomic E-state index is 2.31. The van der Waals surface area contributed by atoms with Gasteiger partial charge >= 0.3 is 158 Å². The van der Waals surface area contributed by atoms with E-state index in [4.69, 9.17) is 0 Å². The van der Waals surface area contributed by atoms with Gasteiger partial charge in [-0.3, -0.25) is 0 Å². The van der Waals surface area contributed by atoms with Crippen molar-refractivity contribution in [3.05, 3.63) is 97.1 Å². The molecule has 4 aromatic carbocycles. The first kappa shape index (κ1) is 15.8. The maximum atomic E-state index is 2.31. The van der Waals surface area contributed by atoms with Crippen LogP contribution in [0.2, 0.25) is 0 Å². The zero-order valence-electron chi connectivity index (χ0n) is 13.1. The molecule has 0 saturated carbocycles. The summed E-state index contributed by atoms with van der Waals surface area (Å²) in [7, 11) is 0. The first-order valence-electron chi connectivity index (χ1n) is 7.88. The molecule has 0 atom stereocenters. The molecular formula is C22H16STe. The monoisotopic (exact) mass is 442 g/mol. The summed E-state index contributed by atoms with van der Waals surface area (Å²) in [4.78, 5) is 2.65. The van der Waals surface area contributed by atoms with Crippen molar-refractivity contribution < 1.29 is 0 Å². The van der Waals surface area contributed by atoms with E-state index in [0.717, 1.165) is 0 Å². The minimum absolute atomic E-state index is 0.388. The van der Waals surface area contributed by atoms with Gasteiger partial charge in [-0.1, -0.05) is 0 Å². The number of rotatable bonds is 4. The Balaban J connectivity index is 1.79. The molecule has 0 aliphatic heterocycles. The molecule has 0 radical (unpaired) electrons. The summed E-state index contributed by atoms with van der Waals surface area (Å²) in [6.45, 7) is 0. The van der Waals surface area contributed by atoms with Crippen LogP contribution in [0.3, 0.4) is 0 Å². The Kier molecular flexibility index (Phi) is 4.90. The Bertz CT molecular complexity index is 873. The van der Waals surface area contributed by atoms with E-state index >= 15 is 0 Å². The molecule has 0 heterocycles. The van der Waals surface area contributed by atoms with Gasteiger partial charge in [0.1, 0.15) is 0 Å². The topological polar surface area (TPSA) is 0 Å². The molecule has 0 aliphatic carbocycles. The molecule has 2 heteroatoms. The predicted octanol–water partition coefficient (Wildman–Crippen LogP) is 4.65. The second-order valence-electron chi connectivity index (χ2n) is 5.44. The molecule has 0 saturated heterocycles. The van der Waals surface area contributed by atoms with Gasteiger partial charge in [0.05, 0.1) is 0 Å². The summed E-state index contributed by atoms with van der Waals surface area (Å²) in [6, 6.07) is 34.9. The Morgan fingerprint density at radius 1 is 0.583 bits per heavy atom. The van der Waals surface area contributed by atoms with Crippen molar-refractivity contribution in [3.63, 3.8) is 0 Å². The Labute approximate surface area is 157 Å². The molecule has 4 rings (SSSR count). The Hall–Kier alpha value is -1.72. The van der Waals surface area contributed by atoms with Gasteiger partial charge in [0, 0.05) is 0 Å². The van der Waals surface area contributed by atoms with Gasteiger partial charge in [-0.2, -0.15) is 0 Å². The molecule has 0 nitrogen and oxygen atoms in total. The van der Waals surface area contributed by atoms with Gasteiger partial charge in [-0.05, 0) is 0 Å². The van der Waals surface area contributed by atoms with Crippen molar-refractivity contribution in [2.75, 3.05) is 0 Å². The molecule has 24 heavy (non-hydrogen) atoms. The molecule has 0 unspecified atom stereocenters. The van der Waals surface area contributed by atoms with Gasteiger partial charge in [-0.15, -0.1) is 0 Å². The molecule has 0 aromatic heterocycles. The van der Waals surface area contributed by atoms with Crippen LogP contribution in [0, 0.1) is 0 Å². The number of hydrogen-bond acceptors (Lipinski definition) is 1. The van der Waals surface area contributed by atoms with Crippen LogP contribution in [0.4, 0.5) is 0 Å². The fourth-order valence-corrected chi connectivity index (χ4v) is 6.82. The van der Waals surface area contributed by atoms with Gasteiger partial charge < -0.3 is 0 Å². The average Bonchev–Trinajstić information content (AvgIpc) is 2.64. The van der Waals surface area contributed by atoms with Crippen LogP contribution < -0.4 is 7.22 Å². The van der Waals surface area contributed by atoms with E-state index in [-0.39, 0.29) is 20.9 Å². The van der Waals surface area contributed by atoms with Crippen molar-refractivity contribution in [1.82, 2.24) is 0 Å². The van der Waals surface area contributed by atoms with Crippen LogP contribution in [-0.4, -0.2) is 20.9 Å². The fraction of sp³-hybridized carbons (Fsp3) is 0. The van der Waals surface area contributed by atoms with Gasteiger partial charge in [-0.25, -0.2) is 0 Å². The third-order valence-electron chi connectivity index (χ3n) is 3.77. The third kappa shape index (κ3) is 3.52. The van der Waals surface area contributed by atoms with E-state index < -0.39 is 0 Å². The van der Waals surface area contributed by atoms with Crippen LogP contribution in [0.1, 0.15) is 0 Å². The molecule has 0 fully saturated rings. The van der Waals surface area contributed by atoms with E-state index in [1.807, 2.05) is 11.8 Å². The van der Waals surface area contributed by atoms with Gasteiger partial charge in [0.25, 0.3) is 0 Å². The summed E-state index contributed by atoms with van der Waals surface area (Å²) in [5.74, 6) is 0. The van der Waals surface area contributed by atoms with Gasteiger partial charge in [0.15, 0.2) is 0 Å². The van der Waals surface area contributed by atoms with E-state index in [1.165, 1.54) is 27.8 Å². The van der Waals surface area contributed by atoms with Crippen LogP contribution in [0.5, 0.6) is 0 Å². The molecule has 116 valence electrons. The summed E-state index contributed by atoms with van der Waals surface area (Å²) in [5.41, 5.74) is 0. The summed E-state index contributed by atoms with van der Waals surface area (Å²) < 4.78 is 3.00. The average molecular weight is 440 g/mol. The number of benzene rings is 4. The van der Waals surface area contributed by atoms with E-state index in [1.54, 1.807) is 0 Å². The van der Waals surface area contributed by atoms with Crippen LogP contribution in [0.15, 0.2) is 107 Å². The Morgan fingerprint density at radius 2 is 1.25 bits per heavy atom. The second-order valence-corrected chi connectivity index (χ2v) is 9.74. The summed E-state index contributed by atoms with van der Waals surface area (Å²) in [6.07, 6.45) is 0. The van der Waals surface area contributed by atoms with Crippen LogP contribution in [0.25, 0.3) is 10.8 Å². The standard InChI is InChI=1S/C22H16STe/c1-3-11-18(12-4-1)23-20-15-7-9-17-10-8-16-21(22(17)20)24-19-13-5-2-6-14-19/h1-16H. The molecule has 0 N–H and O–H groups in total. The van der Waals surface area contributed by atoms with Gasteiger partial charge in [0.2, 0.25) is 0 Å². The molecular weight excluding hydrogens is 424 g/mol. The third-order valence-corrected chi connectivity index (χ3v) is 7.89. The Morgan fingerprint density at radius 3 is 2.00 bits per heavy atom. The molecule has 0 bridgehead atoms. The van der Waals surface area contributed by atoms with E-state index in [9.17, 15) is 0 Å². The van der Waals surface area contributed by atoms with Crippen molar-refractivity contribution in [3.8, 4) is 0 Å². The van der Waals surface area contributed by atoms with Crippen molar-refractivity contribution in [2.45, 2.75) is 9.79 Å². The molecule has 0 amide bonds.